The van der Waals surface area contributed by atoms with Gasteiger partial charge in [-0.1, -0.05) is 48.5 Å². The normalized spacial score (nSPS) is 9.94. The quantitative estimate of drug-likeness (QED) is 0.102. The Hall–Kier alpha value is -5.18. The van der Waals surface area contributed by atoms with E-state index in [1.54, 1.807) is 42.5 Å². The summed E-state index contributed by atoms with van der Waals surface area (Å²) in [5.41, 5.74) is 18.4. The van der Waals surface area contributed by atoms with E-state index in [0.29, 0.717) is 22.6 Å². The van der Waals surface area contributed by atoms with Crippen LogP contribution >= 0.6 is 0 Å². The van der Waals surface area contributed by atoms with Gasteiger partial charge in [0.05, 0.1) is 5.56 Å². The van der Waals surface area contributed by atoms with Crippen LogP contribution in [0.4, 0.5) is 5.69 Å². The third kappa shape index (κ3) is 6.90. The number of hydrogen-bond acceptors (Lipinski definition) is 5. The van der Waals surface area contributed by atoms with Crippen molar-refractivity contribution in [3.8, 4) is 5.75 Å². The fourth-order valence-electron chi connectivity index (χ4n) is 3.08. The van der Waals surface area contributed by atoms with Gasteiger partial charge in [0.2, 0.25) is 0 Å². The highest BCUT2D eigenvalue weighted by Gasteiger charge is 2.10. The van der Waals surface area contributed by atoms with Crippen LogP contribution in [-0.4, -0.2) is 23.6 Å². The number of guanidine groups is 1. The summed E-state index contributed by atoms with van der Waals surface area (Å²) in [7, 11) is 0. The minimum absolute atomic E-state index is 0.00474. The van der Waals surface area contributed by atoms with Gasteiger partial charge in [-0.25, -0.2) is 4.79 Å². The first-order valence-corrected chi connectivity index (χ1v) is 10.4. The molecule has 0 saturated carbocycles. The second kappa shape index (κ2) is 11.1. The lowest BCUT2D eigenvalue weighted by molar-refractivity contribution is 0.0735. The zero-order valence-electron chi connectivity index (χ0n) is 18.7. The molecule has 0 heterocycles. The molecule has 35 heavy (non-hydrogen) atoms. The van der Waals surface area contributed by atoms with Crippen LogP contribution < -0.4 is 27.3 Å². The van der Waals surface area contributed by atoms with Crippen LogP contribution in [-0.2, 0) is 0 Å². The molecule has 9 heteroatoms. The van der Waals surface area contributed by atoms with Crippen molar-refractivity contribution in [1.29, 1.82) is 16.2 Å². The van der Waals surface area contributed by atoms with Crippen molar-refractivity contribution in [1.82, 2.24) is 0 Å². The molecule has 9 nitrogen and oxygen atoms in total. The Morgan fingerprint density at radius 3 is 1.80 bits per heavy atom. The molecule has 0 unspecified atom stereocenters. The molecule has 0 aliphatic heterocycles. The molecule has 10 N–H and O–H groups in total. The molecular weight excluding hydrogens is 442 g/mol. The highest BCUT2D eigenvalue weighted by atomic mass is 16.5. The van der Waals surface area contributed by atoms with Crippen molar-refractivity contribution >= 4 is 40.1 Å². The molecule has 4 aromatic carbocycles. The number of benzene rings is 4. The molecule has 4 rings (SSSR count). The number of fused-ring (bicyclic) bond motifs is 1. The second-order valence-electron chi connectivity index (χ2n) is 7.42. The minimum atomic E-state index is -0.487. The standard InChI is InChI=1S/C19H17N5O2.C7H8N2/c20-17(21)14-2-1-13-10-16(8-5-12(13)9-14)26-18(25)11-3-6-15(7-4-11)24-19(22)23;8-7(9)6-4-2-1-3-5-6/h1-10H,(H3,20,21)(H4,22,23,24);1-5H,(H3,8,9). The first-order valence-electron chi connectivity index (χ1n) is 10.4. The molecule has 4 aromatic rings. The Kier molecular flexibility index (Phi) is 7.76. The van der Waals surface area contributed by atoms with E-state index in [2.05, 4.69) is 5.32 Å². The van der Waals surface area contributed by atoms with Gasteiger partial charge >= 0.3 is 5.97 Å². The predicted octanol–water partition coefficient (Wildman–Crippen LogP) is 3.62. The molecule has 176 valence electrons. The maximum absolute atomic E-state index is 12.3. The monoisotopic (exact) mass is 467 g/mol. The summed E-state index contributed by atoms with van der Waals surface area (Å²) in [6, 6.07) is 26.3. The number of carbonyl (C=O) groups is 1. The van der Waals surface area contributed by atoms with Crippen molar-refractivity contribution in [3.05, 3.63) is 108 Å². The van der Waals surface area contributed by atoms with Crippen LogP contribution in [0.5, 0.6) is 5.75 Å². The third-order valence-electron chi connectivity index (χ3n) is 4.82. The number of ether oxygens (including phenoxy) is 1. The second-order valence-corrected chi connectivity index (χ2v) is 7.42. The van der Waals surface area contributed by atoms with Gasteiger partial charge in [-0.3, -0.25) is 16.2 Å². The summed E-state index contributed by atoms with van der Waals surface area (Å²) in [5.74, 6) is -0.117. The van der Waals surface area contributed by atoms with Crippen LogP contribution in [0, 0.1) is 16.2 Å². The van der Waals surface area contributed by atoms with Crippen molar-refractivity contribution < 1.29 is 9.53 Å². The van der Waals surface area contributed by atoms with Crippen molar-refractivity contribution in [2.45, 2.75) is 0 Å². The zero-order valence-corrected chi connectivity index (χ0v) is 18.7. The molecule has 0 spiro atoms. The van der Waals surface area contributed by atoms with Crippen LogP contribution in [0.2, 0.25) is 0 Å². The van der Waals surface area contributed by atoms with E-state index in [0.717, 1.165) is 16.3 Å². The fourth-order valence-corrected chi connectivity index (χ4v) is 3.08. The summed E-state index contributed by atoms with van der Waals surface area (Å²) in [6.45, 7) is 0. The molecular formula is C26H25N7O2. The Morgan fingerprint density at radius 1 is 0.657 bits per heavy atom. The molecule has 0 saturated heterocycles. The van der Waals surface area contributed by atoms with Crippen LogP contribution in [0.3, 0.4) is 0 Å². The number of amidine groups is 2. The Balaban J connectivity index is 0.000000320. The van der Waals surface area contributed by atoms with E-state index in [4.69, 9.17) is 38.2 Å². The smallest absolute Gasteiger partial charge is 0.343 e. The number of nitrogens with two attached hydrogens (primary N) is 3. The van der Waals surface area contributed by atoms with Crippen LogP contribution in [0.15, 0.2) is 91.0 Å². The number of esters is 1. The van der Waals surface area contributed by atoms with Gasteiger partial charge in [-0.15, -0.1) is 0 Å². The third-order valence-corrected chi connectivity index (χ3v) is 4.82. The van der Waals surface area contributed by atoms with Gasteiger partial charge in [0.25, 0.3) is 0 Å². The molecule has 0 amide bonds. The lowest BCUT2D eigenvalue weighted by atomic mass is 10.1. The molecule has 0 fully saturated rings. The molecule has 0 aliphatic carbocycles. The molecule has 0 radical (unpaired) electrons. The summed E-state index contributed by atoms with van der Waals surface area (Å²) in [5, 5.41) is 26.1. The number of hydrogen-bond donors (Lipinski definition) is 7. The topological polar surface area (TPSA) is 188 Å². The van der Waals surface area contributed by atoms with Crippen LogP contribution in [0.1, 0.15) is 21.5 Å². The number of nitrogen functional groups attached to an aromatic ring is 2. The van der Waals surface area contributed by atoms with Crippen LogP contribution in [0.25, 0.3) is 10.8 Å². The summed E-state index contributed by atoms with van der Waals surface area (Å²) >= 11 is 0. The van der Waals surface area contributed by atoms with E-state index >= 15 is 0 Å². The Bertz CT molecular complexity index is 1380. The van der Waals surface area contributed by atoms with E-state index < -0.39 is 5.97 Å². The van der Waals surface area contributed by atoms with E-state index in [9.17, 15) is 4.79 Å². The largest absolute Gasteiger partial charge is 0.423 e. The summed E-state index contributed by atoms with van der Waals surface area (Å²) in [6.07, 6.45) is 0. The first kappa shape index (κ1) is 24.5. The van der Waals surface area contributed by atoms with Crippen molar-refractivity contribution in [2.75, 3.05) is 5.32 Å². The van der Waals surface area contributed by atoms with Gasteiger partial charge < -0.3 is 27.3 Å². The average molecular weight is 468 g/mol. The van der Waals surface area contributed by atoms with E-state index in [-0.39, 0.29) is 17.6 Å². The number of nitrogens with one attached hydrogen (secondary N) is 4. The molecule has 0 aliphatic rings. The zero-order chi connectivity index (χ0) is 25.4. The molecule has 0 atom stereocenters. The predicted molar refractivity (Wildman–Crippen MR) is 139 cm³/mol. The Labute approximate surface area is 202 Å². The van der Waals surface area contributed by atoms with Gasteiger partial charge in [-0.2, -0.15) is 0 Å². The Morgan fingerprint density at radius 2 is 1.23 bits per heavy atom. The maximum Gasteiger partial charge on any atom is 0.343 e. The van der Waals surface area contributed by atoms with Gasteiger partial charge in [-0.05, 0) is 53.2 Å². The number of anilines is 1. The molecule has 0 bridgehead atoms. The van der Waals surface area contributed by atoms with Gasteiger partial charge in [0.15, 0.2) is 5.96 Å². The van der Waals surface area contributed by atoms with Crippen molar-refractivity contribution in [2.24, 2.45) is 17.2 Å². The van der Waals surface area contributed by atoms with Gasteiger partial charge in [0, 0.05) is 16.8 Å². The lowest BCUT2D eigenvalue weighted by Gasteiger charge is -2.08. The number of rotatable bonds is 5. The van der Waals surface area contributed by atoms with Gasteiger partial charge in [0.1, 0.15) is 17.4 Å². The number of carbonyl (C=O) groups excluding carboxylic acids is 1. The molecule has 0 aromatic heterocycles. The minimum Gasteiger partial charge on any atom is -0.423 e. The maximum atomic E-state index is 12.3. The highest BCUT2D eigenvalue weighted by Crippen LogP contribution is 2.23. The van der Waals surface area contributed by atoms with E-state index in [1.165, 1.54) is 0 Å². The summed E-state index contributed by atoms with van der Waals surface area (Å²) < 4.78 is 5.41. The van der Waals surface area contributed by atoms with Crippen molar-refractivity contribution in [3.63, 3.8) is 0 Å². The first-order chi connectivity index (χ1) is 16.7. The fraction of sp³-hybridized carbons (Fsp3) is 0. The van der Waals surface area contributed by atoms with E-state index in [1.807, 2.05) is 48.5 Å². The average Bonchev–Trinajstić information content (AvgIpc) is 2.84. The highest BCUT2D eigenvalue weighted by molar-refractivity contribution is 5.99. The SMILES string of the molecule is N=C(N)Nc1ccc(C(=O)Oc2ccc3cc(C(=N)N)ccc3c2)cc1.N=C(N)c1ccccc1. The summed E-state index contributed by atoms with van der Waals surface area (Å²) in [4.78, 5) is 12.3. The lowest BCUT2D eigenvalue weighted by Crippen LogP contribution is -2.20.